The topological polar surface area (TPSA) is 49.4 Å². The summed E-state index contributed by atoms with van der Waals surface area (Å²) in [5, 5.41) is 4.80. The van der Waals surface area contributed by atoms with E-state index in [4.69, 9.17) is 0 Å². The van der Waals surface area contributed by atoms with Crippen LogP contribution in [0.4, 0.5) is 0 Å². The highest BCUT2D eigenvalue weighted by Crippen LogP contribution is 2.30. The van der Waals surface area contributed by atoms with Crippen LogP contribution < -0.4 is 5.32 Å². The van der Waals surface area contributed by atoms with Gasteiger partial charge in [-0.2, -0.15) is 0 Å². The molecule has 0 aromatic carbocycles. The molecule has 0 bridgehead atoms. The van der Waals surface area contributed by atoms with Gasteiger partial charge in [0.2, 0.25) is 11.8 Å². The van der Waals surface area contributed by atoms with E-state index in [9.17, 15) is 9.59 Å². The summed E-state index contributed by atoms with van der Waals surface area (Å²) in [5.41, 5.74) is 0. The summed E-state index contributed by atoms with van der Waals surface area (Å²) in [6, 6.07) is 4.16. The smallest absolute Gasteiger partial charge is 0.245 e. The van der Waals surface area contributed by atoms with E-state index in [1.165, 1.54) is 4.88 Å². The van der Waals surface area contributed by atoms with Crippen molar-refractivity contribution in [3.05, 3.63) is 22.4 Å². The fourth-order valence-electron chi connectivity index (χ4n) is 2.34. The first-order valence-corrected chi connectivity index (χ1v) is 7.24. The molecule has 96 valence electrons. The maximum absolute atomic E-state index is 12.4. The van der Waals surface area contributed by atoms with Gasteiger partial charge in [0, 0.05) is 17.3 Å². The Morgan fingerprint density at radius 2 is 2.28 bits per heavy atom. The molecule has 0 unspecified atom stereocenters. The van der Waals surface area contributed by atoms with Crippen LogP contribution in [-0.2, 0) is 16.1 Å². The zero-order valence-corrected chi connectivity index (χ0v) is 10.9. The molecule has 1 N–H and O–H groups in total. The SMILES string of the molecule is O=C1CC[C@@H](C(=O)N(Cc2cccs2)C2CC2)N1. The van der Waals surface area contributed by atoms with Gasteiger partial charge in [-0.25, -0.2) is 0 Å². The van der Waals surface area contributed by atoms with Crippen LogP contribution in [0.25, 0.3) is 0 Å². The molecular formula is C13H16N2O2S. The van der Waals surface area contributed by atoms with E-state index in [2.05, 4.69) is 11.4 Å². The third-order valence-corrected chi connectivity index (χ3v) is 4.33. The minimum Gasteiger partial charge on any atom is -0.344 e. The Morgan fingerprint density at radius 1 is 1.44 bits per heavy atom. The Labute approximate surface area is 110 Å². The normalized spacial score (nSPS) is 22.9. The van der Waals surface area contributed by atoms with E-state index in [1.807, 2.05) is 16.3 Å². The average molecular weight is 264 g/mol. The number of rotatable bonds is 4. The molecule has 1 saturated carbocycles. The number of hydrogen-bond donors (Lipinski definition) is 1. The van der Waals surface area contributed by atoms with Crippen molar-refractivity contribution < 1.29 is 9.59 Å². The summed E-state index contributed by atoms with van der Waals surface area (Å²) >= 11 is 1.68. The van der Waals surface area contributed by atoms with Crippen molar-refractivity contribution in [3.63, 3.8) is 0 Å². The molecule has 1 aromatic rings. The van der Waals surface area contributed by atoms with E-state index >= 15 is 0 Å². The zero-order chi connectivity index (χ0) is 12.5. The molecule has 5 heteroatoms. The molecule has 4 nitrogen and oxygen atoms in total. The molecule has 1 aromatic heterocycles. The van der Waals surface area contributed by atoms with Gasteiger partial charge in [-0.1, -0.05) is 6.07 Å². The van der Waals surface area contributed by atoms with Crippen LogP contribution >= 0.6 is 11.3 Å². The molecule has 1 aliphatic carbocycles. The van der Waals surface area contributed by atoms with Crippen molar-refractivity contribution in [3.8, 4) is 0 Å². The number of hydrogen-bond acceptors (Lipinski definition) is 3. The van der Waals surface area contributed by atoms with Gasteiger partial charge in [-0.3, -0.25) is 9.59 Å². The average Bonchev–Trinajstić information content (AvgIpc) is 2.88. The van der Waals surface area contributed by atoms with Gasteiger partial charge in [0.05, 0.1) is 6.54 Å². The summed E-state index contributed by atoms with van der Waals surface area (Å²) in [6.07, 6.45) is 3.31. The van der Waals surface area contributed by atoms with Crippen molar-refractivity contribution in [2.75, 3.05) is 0 Å². The fourth-order valence-corrected chi connectivity index (χ4v) is 3.05. The Morgan fingerprint density at radius 3 is 2.83 bits per heavy atom. The van der Waals surface area contributed by atoms with E-state index in [-0.39, 0.29) is 17.9 Å². The van der Waals surface area contributed by atoms with E-state index in [0.717, 1.165) is 12.8 Å². The number of thiophene rings is 1. The molecule has 0 spiro atoms. The monoisotopic (exact) mass is 264 g/mol. The lowest BCUT2D eigenvalue weighted by Gasteiger charge is -2.25. The van der Waals surface area contributed by atoms with Gasteiger partial charge >= 0.3 is 0 Å². The molecule has 1 atom stereocenters. The molecule has 2 aliphatic rings. The zero-order valence-electron chi connectivity index (χ0n) is 10.1. The van der Waals surface area contributed by atoms with Crippen LogP contribution in [0.15, 0.2) is 17.5 Å². The minimum absolute atomic E-state index is 0.000204. The van der Waals surface area contributed by atoms with Crippen LogP contribution in [0.1, 0.15) is 30.6 Å². The first-order chi connectivity index (χ1) is 8.74. The standard InChI is InChI=1S/C13H16N2O2S/c16-12-6-5-11(14-12)13(17)15(9-3-4-9)8-10-2-1-7-18-10/h1-2,7,9,11H,3-6,8H2,(H,14,16)/t11-/m0/s1. The first kappa shape index (κ1) is 11.7. The van der Waals surface area contributed by atoms with Crippen LogP contribution in [0, 0.1) is 0 Å². The van der Waals surface area contributed by atoms with Gasteiger partial charge in [-0.05, 0) is 30.7 Å². The third-order valence-electron chi connectivity index (χ3n) is 3.47. The summed E-state index contributed by atoms with van der Waals surface area (Å²) in [4.78, 5) is 26.8. The molecule has 18 heavy (non-hydrogen) atoms. The number of carbonyl (C=O) groups is 2. The number of nitrogens with zero attached hydrogens (tertiary/aromatic N) is 1. The second-order valence-corrected chi connectivity index (χ2v) is 5.97. The number of amides is 2. The van der Waals surface area contributed by atoms with Crippen molar-refractivity contribution in [2.24, 2.45) is 0 Å². The second-order valence-electron chi connectivity index (χ2n) is 4.94. The van der Waals surface area contributed by atoms with Crippen LogP contribution in [-0.4, -0.2) is 28.8 Å². The van der Waals surface area contributed by atoms with Crippen LogP contribution in [0.3, 0.4) is 0 Å². The van der Waals surface area contributed by atoms with E-state index in [0.29, 0.717) is 25.4 Å². The lowest BCUT2D eigenvalue weighted by atomic mass is 10.2. The molecular weight excluding hydrogens is 248 g/mol. The van der Waals surface area contributed by atoms with Crippen molar-refractivity contribution in [2.45, 2.75) is 44.3 Å². The molecule has 2 amide bonds. The van der Waals surface area contributed by atoms with Gasteiger partial charge in [0.15, 0.2) is 0 Å². The van der Waals surface area contributed by atoms with Crippen molar-refractivity contribution in [1.29, 1.82) is 0 Å². The van der Waals surface area contributed by atoms with Crippen molar-refractivity contribution >= 4 is 23.2 Å². The summed E-state index contributed by atoms with van der Waals surface area (Å²) < 4.78 is 0. The predicted octanol–water partition coefficient (Wildman–Crippen LogP) is 1.52. The Bertz CT molecular complexity index is 454. The highest BCUT2D eigenvalue weighted by molar-refractivity contribution is 7.09. The van der Waals surface area contributed by atoms with Gasteiger partial charge in [0.1, 0.15) is 6.04 Å². The second kappa shape index (κ2) is 4.72. The molecule has 0 radical (unpaired) electrons. The molecule has 1 aliphatic heterocycles. The minimum atomic E-state index is -0.293. The van der Waals surface area contributed by atoms with E-state index in [1.54, 1.807) is 11.3 Å². The van der Waals surface area contributed by atoms with Crippen molar-refractivity contribution in [1.82, 2.24) is 10.2 Å². The quantitative estimate of drug-likeness (QED) is 0.896. The fraction of sp³-hybridized carbons (Fsp3) is 0.538. The molecule has 2 heterocycles. The first-order valence-electron chi connectivity index (χ1n) is 6.36. The Kier molecular flexibility index (Phi) is 3.07. The highest BCUT2D eigenvalue weighted by atomic mass is 32.1. The summed E-state index contributed by atoms with van der Waals surface area (Å²) in [7, 11) is 0. The lowest BCUT2D eigenvalue weighted by molar-refractivity contribution is -0.135. The largest absolute Gasteiger partial charge is 0.344 e. The number of carbonyl (C=O) groups excluding carboxylic acids is 2. The predicted molar refractivity (Wildman–Crippen MR) is 69.1 cm³/mol. The van der Waals surface area contributed by atoms with Gasteiger partial charge in [-0.15, -0.1) is 11.3 Å². The van der Waals surface area contributed by atoms with Gasteiger partial charge in [0.25, 0.3) is 0 Å². The summed E-state index contributed by atoms with van der Waals surface area (Å²) in [5.74, 6) is 0.0944. The molecule has 2 fully saturated rings. The van der Waals surface area contributed by atoms with E-state index < -0.39 is 0 Å². The Balaban J connectivity index is 1.69. The van der Waals surface area contributed by atoms with Gasteiger partial charge < -0.3 is 10.2 Å². The van der Waals surface area contributed by atoms with Crippen LogP contribution in [0.5, 0.6) is 0 Å². The maximum Gasteiger partial charge on any atom is 0.245 e. The van der Waals surface area contributed by atoms with Crippen LogP contribution in [0.2, 0.25) is 0 Å². The third kappa shape index (κ3) is 2.41. The molecule has 1 saturated heterocycles. The maximum atomic E-state index is 12.4. The Hall–Kier alpha value is -1.36. The lowest BCUT2D eigenvalue weighted by Crippen LogP contribution is -2.45. The molecule has 3 rings (SSSR count). The number of nitrogens with one attached hydrogen (secondary N) is 1. The highest BCUT2D eigenvalue weighted by Gasteiger charge is 2.38. The summed E-state index contributed by atoms with van der Waals surface area (Å²) in [6.45, 7) is 0.688.